The van der Waals surface area contributed by atoms with E-state index in [2.05, 4.69) is 0 Å². The maximum atomic E-state index is 12.3. The van der Waals surface area contributed by atoms with Crippen LogP contribution in [0.3, 0.4) is 0 Å². The van der Waals surface area contributed by atoms with Crippen LogP contribution in [0.25, 0.3) is 0 Å². The summed E-state index contributed by atoms with van der Waals surface area (Å²) in [5.41, 5.74) is 0.0434. The highest BCUT2D eigenvalue weighted by molar-refractivity contribution is 7.87. The van der Waals surface area contributed by atoms with Gasteiger partial charge in [0, 0.05) is 6.07 Å². The van der Waals surface area contributed by atoms with E-state index >= 15 is 0 Å². The maximum absolute atomic E-state index is 12.3. The van der Waals surface area contributed by atoms with Gasteiger partial charge in [-0.25, -0.2) is 0 Å². The SMILES string of the molecule is COc1cc([N+](=O)[O-])ccc1S(=O)(=O)Oc1ccc(C#N)cc1. The number of nitrogens with zero attached hydrogens (tertiary/aromatic N) is 2. The van der Waals surface area contributed by atoms with Crippen LogP contribution in [0.5, 0.6) is 11.5 Å². The smallest absolute Gasteiger partial charge is 0.342 e. The van der Waals surface area contributed by atoms with E-state index in [1.165, 1.54) is 31.4 Å². The normalized spacial score (nSPS) is 10.6. The molecule has 0 saturated heterocycles. The van der Waals surface area contributed by atoms with Crippen molar-refractivity contribution in [3.63, 3.8) is 0 Å². The van der Waals surface area contributed by atoms with Crippen molar-refractivity contribution in [2.24, 2.45) is 0 Å². The summed E-state index contributed by atoms with van der Waals surface area (Å²) in [6.45, 7) is 0. The summed E-state index contributed by atoms with van der Waals surface area (Å²) in [4.78, 5) is 9.72. The number of rotatable bonds is 5. The Hall–Kier alpha value is -3.12. The molecule has 0 N–H and O–H groups in total. The lowest BCUT2D eigenvalue weighted by molar-refractivity contribution is -0.385. The van der Waals surface area contributed by atoms with Gasteiger partial charge in [0.25, 0.3) is 5.69 Å². The average molecular weight is 334 g/mol. The van der Waals surface area contributed by atoms with Gasteiger partial charge in [0.05, 0.1) is 29.7 Å². The quantitative estimate of drug-likeness (QED) is 0.467. The molecule has 0 atom stereocenters. The number of ether oxygens (including phenoxy) is 1. The Morgan fingerprint density at radius 3 is 2.35 bits per heavy atom. The number of nitro benzene ring substituents is 1. The fourth-order valence-electron chi connectivity index (χ4n) is 1.73. The summed E-state index contributed by atoms with van der Waals surface area (Å²) in [6, 6.07) is 10.4. The Kier molecular flexibility index (Phi) is 4.47. The van der Waals surface area contributed by atoms with Crippen LogP contribution in [0, 0.1) is 21.4 Å². The molecule has 0 aromatic heterocycles. The van der Waals surface area contributed by atoms with E-state index in [1.807, 2.05) is 6.07 Å². The number of non-ortho nitro benzene ring substituents is 1. The first-order valence-electron chi connectivity index (χ1n) is 6.14. The van der Waals surface area contributed by atoms with Gasteiger partial charge >= 0.3 is 10.1 Å². The molecule has 8 nitrogen and oxygen atoms in total. The second-order valence-corrected chi connectivity index (χ2v) is 5.78. The van der Waals surface area contributed by atoms with Crippen molar-refractivity contribution in [2.45, 2.75) is 4.90 Å². The monoisotopic (exact) mass is 334 g/mol. The molecule has 2 aromatic carbocycles. The lowest BCUT2D eigenvalue weighted by Crippen LogP contribution is -2.11. The van der Waals surface area contributed by atoms with Crippen LogP contribution in [0.4, 0.5) is 5.69 Å². The molecule has 118 valence electrons. The minimum absolute atomic E-state index is 0.00408. The standard InChI is InChI=1S/C14H10N2O6S/c1-21-13-8-11(16(17)18)4-7-14(13)23(19,20)22-12-5-2-10(9-15)3-6-12/h2-8H,1H3. The summed E-state index contributed by atoms with van der Waals surface area (Å²) < 4.78 is 34.4. The van der Waals surface area contributed by atoms with E-state index in [0.29, 0.717) is 5.56 Å². The molecule has 0 spiro atoms. The molecular formula is C14H10N2O6S. The summed E-state index contributed by atoms with van der Waals surface area (Å²) in [6.07, 6.45) is 0. The largest absolute Gasteiger partial charge is 0.495 e. The highest BCUT2D eigenvalue weighted by Crippen LogP contribution is 2.30. The van der Waals surface area contributed by atoms with Crippen molar-refractivity contribution in [1.29, 1.82) is 5.26 Å². The Morgan fingerprint density at radius 1 is 1.17 bits per heavy atom. The van der Waals surface area contributed by atoms with Gasteiger partial charge in [0.1, 0.15) is 16.4 Å². The first kappa shape index (κ1) is 16.3. The summed E-state index contributed by atoms with van der Waals surface area (Å²) in [5, 5.41) is 19.4. The summed E-state index contributed by atoms with van der Waals surface area (Å²) in [7, 11) is -3.05. The molecule has 9 heteroatoms. The molecule has 0 saturated carbocycles. The number of hydrogen-bond donors (Lipinski definition) is 0. The van der Waals surface area contributed by atoms with Crippen molar-refractivity contribution >= 4 is 15.8 Å². The van der Waals surface area contributed by atoms with Crippen molar-refractivity contribution in [1.82, 2.24) is 0 Å². The minimum atomic E-state index is -4.25. The number of nitriles is 1. The van der Waals surface area contributed by atoms with Crippen LogP contribution in [-0.4, -0.2) is 20.5 Å². The van der Waals surface area contributed by atoms with Crippen molar-refractivity contribution in [2.75, 3.05) is 7.11 Å². The Labute approximate surface area is 131 Å². The number of hydrogen-bond acceptors (Lipinski definition) is 7. The van der Waals surface area contributed by atoms with Gasteiger partial charge in [0.15, 0.2) is 0 Å². The molecule has 0 aliphatic carbocycles. The third kappa shape index (κ3) is 3.56. The van der Waals surface area contributed by atoms with Crippen molar-refractivity contribution in [3.8, 4) is 17.6 Å². The predicted octanol–water partition coefficient (Wildman–Crippen LogP) is 2.24. The van der Waals surface area contributed by atoms with Gasteiger partial charge in [0.2, 0.25) is 0 Å². The third-order valence-corrected chi connectivity index (χ3v) is 4.10. The fraction of sp³-hybridized carbons (Fsp3) is 0.0714. The van der Waals surface area contributed by atoms with E-state index in [0.717, 1.165) is 18.2 Å². The second kappa shape index (κ2) is 6.33. The fourth-order valence-corrected chi connectivity index (χ4v) is 2.81. The Bertz CT molecular complexity index is 884. The molecule has 0 heterocycles. The highest BCUT2D eigenvalue weighted by atomic mass is 32.2. The highest BCUT2D eigenvalue weighted by Gasteiger charge is 2.24. The Balaban J connectivity index is 2.38. The number of nitro groups is 1. The molecule has 0 bridgehead atoms. The van der Waals surface area contributed by atoms with E-state index in [9.17, 15) is 18.5 Å². The topological polar surface area (TPSA) is 120 Å². The third-order valence-electron chi connectivity index (χ3n) is 2.82. The maximum Gasteiger partial charge on any atom is 0.342 e. The summed E-state index contributed by atoms with van der Waals surface area (Å²) >= 11 is 0. The van der Waals surface area contributed by atoms with Gasteiger partial charge in [-0.2, -0.15) is 13.7 Å². The van der Waals surface area contributed by atoms with E-state index in [-0.39, 0.29) is 22.1 Å². The number of benzene rings is 2. The van der Waals surface area contributed by atoms with Crippen LogP contribution >= 0.6 is 0 Å². The van der Waals surface area contributed by atoms with E-state index in [1.54, 1.807) is 0 Å². The molecule has 2 aromatic rings. The van der Waals surface area contributed by atoms with Crippen molar-refractivity contribution in [3.05, 3.63) is 58.1 Å². The molecule has 0 amide bonds. The van der Waals surface area contributed by atoms with Gasteiger partial charge in [-0.15, -0.1) is 0 Å². The minimum Gasteiger partial charge on any atom is -0.495 e. The first-order valence-corrected chi connectivity index (χ1v) is 7.55. The molecule has 23 heavy (non-hydrogen) atoms. The van der Waals surface area contributed by atoms with Crippen LogP contribution in [-0.2, 0) is 10.1 Å². The zero-order valence-electron chi connectivity index (χ0n) is 11.8. The number of methoxy groups -OCH3 is 1. The lowest BCUT2D eigenvalue weighted by Gasteiger charge is -2.10. The lowest BCUT2D eigenvalue weighted by atomic mass is 10.2. The molecule has 0 fully saturated rings. The first-order chi connectivity index (χ1) is 10.9. The van der Waals surface area contributed by atoms with Crippen LogP contribution < -0.4 is 8.92 Å². The van der Waals surface area contributed by atoms with E-state index < -0.39 is 15.0 Å². The Morgan fingerprint density at radius 2 is 1.83 bits per heavy atom. The van der Waals surface area contributed by atoms with Crippen LogP contribution in [0.1, 0.15) is 5.56 Å². The average Bonchev–Trinajstić information content (AvgIpc) is 2.54. The van der Waals surface area contributed by atoms with Crippen LogP contribution in [0.2, 0.25) is 0 Å². The molecule has 0 radical (unpaired) electrons. The van der Waals surface area contributed by atoms with Crippen LogP contribution in [0.15, 0.2) is 47.4 Å². The molecular weight excluding hydrogens is 324 g/mol. The van der Waals surface area contributed by atoms with Crippen molar-refractivity contribution < 1.29 is 22.3 Å². The second-order valence-electron chi connectivity index (χ2n) is 4.27. The predicted molar refractivity (Wildman–Crippen MR) is 78.6 cm³/mol. The van der Waals surface area contributed by atoms with Gasteiger partial charge in [-0.3, -0.25) is 10.1 Å². The molecule has 2 rings (SSSR count). The van der Waals surface area contributed by atoms with Gasteiger partial charge in [-0.05, 0) is 30.3 Å². The molecule has 0 unspecified atom stereocenters. The summed E-state index contributed by atoms with van der Waals surface area (Å²) in [5.74, 6) is -0.197. The van der Waals surface area contributed by atoms with E-state index in [4.69, 9.17) is 14.2 Å². The molecule has 0 aliphatic rings. The van der Waals surface area contributed by atoms with Gasteiger partial charge in [-0.1, -0.05) is 0 Å². The molecule has 0 aliphatic heterocycles. The zero-order chi connectivity index (χ0) is 17.0. The zero-order valence-corrected chi connectivity index (χ0v) is 12.6. The van der Waals surface area contributed by atoms with Gasteiger partial charge < -0.3 is 8.92 Å².